The van der Waals surface area contributed by atoms with Crippen LogP contribution in [0, 0.1) is 5.41 Å². The molecule has 0 aromatic heterocycles. The van der Waals surface area contributed by atoms with E-state index < -0.39 is 41.2 Å². The van der Waals surface area contributed by atoms with Gasteiger partial charge in [0, 0.05) is 0 Å². The third-order valence-corrected chi connectivity index (χ3v) is 6.01. The van der Waals surface area contributed by atoms with E-state index in [0.29, 0.717) is 11.3 Å². The van der Waals surface area contributed by atoms with E-state index in [0.717, 1.165) is 26.4 Å². The molecule has 0 amide bonds. The number of carbonyl (C=O) groups excluding carboxylic acids is 2. The summed E-state index contributed by atoms with van der Waals surface area (Å²) in [6.45, 7) is 0. The highest BCUT2D eigenvalue weighted by Gasteiger charge is 2.69. The van der Waals surface area contributed by atoms with Crippen molar-refractivity contribution in [1.82, 2.24) is 0 Å². The summed E-state index contributed by atoms with van der Waals surface area (Å²) in [5.74, 6) is -1.89. The fourth-order valence-electron chi connectivity index (χ4n) is 4.43. The standard InChI is InChI=1S/C26H22F3NO5/c1-33-23(31)25(24(32)34-2)21(17-13-15-19(16-14-17)26(27,28)29)30(20-11-7-4-8-12-20)35-22(25)18-9-5-3-6-10-18/h3-16,21-22H,1-2H3/t21-,22-/m0/s1. The quantitative estimate of drug-likeness (QED) is 0.362. The minimum absolute atomic E-state index is 0.232. The molecule has 35 heavy (non-hydrogen) atoms. The van der Waals surface area contributed by atoms with Crippen molar-refractivity contribution in [3.63, 3.8) is 0 Å². The summed E-state index contributed by atoms with van der Waals surface area (Å²) in [6, 6.07) is 20.2. The normalized spacial score (nSPS) is 19.3. The second-order valence-corrected chi connectivity index (χ2v) is 7.93. The lowest BCUT2D eigenvalue weighted by molar-refractivity contribution is -0.175. The number of nitrogens with zero attached hydrogens (tertiary/aromatic N) is 1. The number of halogens is 3. The van der Waals surface area contributed by atoms with Crippen LogP contribution >= 0.6 is 0 Å². The molecular formula is C26H22F3NO5. The molecule has 1 aliphatic rings. The van der Waals surface area contributed by atoms with Gasteiger partial charge in [-0.3, -0.25) is 14.4 Å². The van der Waals surface area contributed by atoms with Crippen LogP contribution in [0.3, 0.4) is 0 Å². The number of rotatable bonds is 5. The Morgan fingerprint density at radius 1 is 0.800 bits per heavy atom. The fourth-order valence-corrected chi connectivity index (χ4v) is 4.43. The van der Waals surface area contributed by atoms with Gasteiger partial charge in [-0.25, -0.2) is 5.06 Å². The van der Waals surface area contributed by atoms with Gasteiger partial charge >= 0.3 is 18.1 Å². The van der Waals surface area contributed by atoms with Crippen LogP contribution in [0.15, 0.2) is 84.9 Å². The SMILES string of the molecule is COC(=O)C1(C(=O)OC)[C@H](c2ccc(C(F)(F)F)cc2)N(c2ccccc2)O[C@H]1c1ccccc1. The number of anilines is 1. The fraction of sp³-hybridized carbons (Fsp3) is 0.231. The molecule has 182 valence electrons. The predicted octanol–water partition coefficient (Wildman–Crippen LogP) is 5.27. The first-order valence-electron chi connectivity index (χ1n) is 10.6. The van der Waals surface area contributed by atoms with Crippen molar-refractivity contribution in [3.8, 4) is 0 Å². The molecule has 0 bridgehead atoms. The van der Waals surface area contributed by atoms with Crippen molar-refractivity contribution >= 4 is 17.6 Å². The third kappa shape index (κ3) is 4.12. The Hall–Kier alpha value is -3.85. The maximum atomic E-state index is 13.5. The monoisotopic (exact) mass is 485 g/mol. The first kappa shape index (κ1) is 24.3. The van der Waals surface area contributed by atoms with Gasteiger partial charge in [0.05, 0.1) is 25.5 Å². The van der Waals surface area contributed by atoms with Crippen LogP contribution in [0.4, 0.5) is 18.9 Å². The number of methoxy groups -OCH3 is 2. The Morgan fingerprint density at radius 2 is 1.31 bits per heavy atom. The van der Waals surface area contributed by atoms with Crippen LogP contribution in [0.1, 0.15) is 28.8 Å². The van der Waals surface area contributed by atoms with Gasteiger partial charge in [0.15, 0.2) is 0 Å². The molecule has 0 radical (unpaired) electrons. The smallest absolute Gasteiger partial charge is 0.416 e. The van der Waals surface area contributed by atoms with E-state index in [9.17, 15) is 22.8 Å². The summed E-state index contributed by atoms with van der Waals surface area (Å²) in [5.41, 5.74) is -1.77. The summed E-state index contributed by atoms with van der Waals surface area (Å²) < 4.78 is 50.0. The Bertz CT molecular complexity index is 1170. The number of hydrogen-bond acceptors (Lipinski definition) is 6. The summed E-state index contributed by atoms with van der Waals surface area (Å²) >= 11 is 0. The number of para-hydroxylation sites is 1. The highest BCUT2D eigenvalue weighted by Crippen LogP contribution is 2.58. The molecule has 0 spiro atoms. The first-order valence-corrected chi connectivity index (χ1v) is 10.6. The van der Waals surface area contributed by atoms with Gasteiger partial charge in [0.2, 0.25) is 5.41 Å². The molecule has 1 saturated heterocycles. The molecule has 6 nitrogen and oxygen atoms in total. The van der Waals surface area contributed by atoms with Gasteiger partial charge in [-0.2, -0.15) is 13.2 Å². The predicted molar refractivity (Wildman–Crippen MR) is 120 cm³/mol. The van der Waals surface area contributed by atoms with E-state index in [1.54, 1.807) is 60.7 Å². The topological polar surface area (TPSA) is 65.1 Å². The van der Waals surface area contributed by atoms with E-state index in [2.05, 4.69) is 0 Å². The maximum absolute atomic E-state index is 13.5. The molecule has 0 aliphatic carbocycles. The van der Waals surface area contributed by atoms with Gasteiger partial charge in [0.25, 0.3) is 0 Å². The van der Waals surface area contributed by atoms with Crippen molar-refractivity contribution in [2.24, 2.45) is 5.41 Å². The Balaban J connectivity index is 2.00. The van der Waals surface area contributed by atoms with Crippen LogP contribution in [0.25, 0.3) is 0 Å². The molecular weight excluding hydrogens is 463 g/mol. The minimum Gasteiger partial charge on any atom is -0.468 e. The lowest BCUT2D eigenvalue weighted by Gasteiger charge is -2.33. The zero-order chi connectivity index (χ0) is 25.2. The maximum Gasteiger partial charge on any atom is 0.416 e. The molecule has 4 rings (SSSR count). The molecule has 3 aromatic carbocycles. The molecule has 1 heterocycles. The largest absolute Gasteiger partial charge is 0.468 e. The Kier molecular flexibility index (Phi) is 6.53. The minimum atomic E-state index is -4.56. The summed E-state index contributed by atoms with van der Waals surface area (Å²) in [4.78, 5) is 33.3. The van der Waals surface area contributed by atoms with Gasteiger partial charge in [-0.15, -0.1) is 0 Å². The second-order valence-electron chi connectivity index (χ2n) is 7.93. The third-order valence-electron chi connectivity index (χ3n) is 6.01. The van der Waals surface area contributed by atoms with Crippen LogP contribution < -0.4 is 5.06 Å². The van der Waals surface area contributed by atoms with Gasteiger partial charge in [-0.05, 0) is 35.4 Å². The highest BCUT2D eigenvalue weighted by atomic mass is 19.4. The summed E-state index contributed by atoms with van der Waals surface area (Å²) in [7, 11) is 2.26. The van der Waals surface area contributed by atoms with E-state index in [1.807, 2.05) is 0 Å². The van der Waals surface area contributed by atoms with Crippen molar-refractivity contribution in [1.29, 1.82) is 0 Å². The Morgan fingerprint density at radius 3 is 1.80 bits per heavy atom. The molecule has 9 heteroatoms. The first-order chi connectivity index (χ1) is 16.7. The number of benzene rings is 3. The molecule has 1 aliphatic heterocycles. The van der Waals surface area contributed by atoms with E-state index in [4.69, 9.17) is 14.3 Å². The number of hydrogen-bond donors (Lipinski definition) is 0. The zero-order valence-corrected chi connectivity index (χ0v) is 18.9. The lowest BCUT2D eigenvalue weighted by atomic mass is 9.71. The van der Waals surface area contributed by atoms with Crippen molar-refractivity contribution in [3.05, 3.63) is 102 Å². The van der Waals surface area contributed by atoms with Gasteiger partial charge in [-0.1, -0.05) is 60.7 Å². The number of alkyl halides is 3. The molecule has 0 unspecified atom stereocenters. The van der Waals surface area contributed by atoms with Gasteiger partial charge < -0.3 is 9.47 Å². The molecule has 0 saturated carbocycles. The molecule has 2 atom stereocenters. The zero-order valence-electron chi connectivity index (χ0n) is 18.9. The van der Waals surface area contributed by atoms with E-state index in [1.165, 1.54) is 17.2 Å². The van der Waals surface area contributed by atoms with Gasteiger partial charge in [0.1, 0.15) is 12.1 Å². The highest BCUT2D eigenvalue weighted by molar-refractivity contribution is 6.03. The second kappa shape index (κ2) is 9.42. The van der Waals surface area contributed by atoms with E-state index in [-0.39, 0.29) is 5.56 Å². The van der Waals surface area contributed by atoms with Crippen LogP contribution in [-0.2, 0) is 30.1 Å². The van der Waals surface area contributed by atoms with Crippen LogP contribution in [0.2, 0.25) is 0 Å². The molecule has 0 N–H and O–H groups in total. The summed E-state index contributed by atoms with van der Waals surface area (Å²) in [5, 5.41) is 1.36. The molecule has 1 fully saturated rings. The average Bonchev–Trinajstić information content (AvgIpc) is 3.25. The lowest BCUT2D eigenvalue weighted by Crippen LogP contribution is -2.48. The van der Waals surface area contributed by atoms with Crippen molar-refractivity contribution in [2.45, 2.75) is 18.3 Å². The number of ether oxygens (including phenoxy) is 2. The molecule has 3 aromatic rings. The van der Waals surface area contributed by atoms with Crippen molar-refractivity contribution < 1.29 is 37.1 Å². The Labute approximate surface area is 199 Å². The number of hydroxylamine groups is 1. The number of carbonyl (C=O) groups is 2. The van der Waals surface area contributed by atoms with Crippen molar-refractivity contribution in [2.75, 3.05) is 19.3 Å². The summed E-state index contributed by atoms with van der Waals surface area (Å²) in [6.07, 6.45) is -5.76. The average molecular weight is 485 g/mol. The number of esters is 2. The van der Waals surface area contributed by atoms with Crippen LogP contribution in [0.5, 0.6) is 0 Å². The van der Waals surface area contributed by atoms with E-state index >= 15 is 0 Å². The van der Waals surface area contributed by atoms with Crippen LogP contribution in [-0.4, -0.2) is 26.2 Å².